The lowest BCUT2D eigenvalue weighted by molar-refractivity contribution is 0.528. The lowest BCUT2D eigenvalue weighted by Crippen LogP contribution is -2.29. The first-order chi connectivity index (χ1) is 10.3. The number of hydrogen-bond donors (Lipinski definition) is 1. The number of hydrogen-bond acceptors (Lipinski definition) is 2. The van der Waals surface area contributed by atoms with Gasteiger partial charge in [-0.3, -0.25) is 0 Å². The van der Waals surface area contributed by atoms with Crippen LogP contribution in [-0.2, 0) is 10.0 Å². The average molecular weight is 325 g/mol. The second-order valence-electron chi connectivity index (χ2n) is 5.07. The van der Waals surface area contributed by atoms with E-state index in [-0.39, 0.29) is 0 Å². The van der Waals surface area contributed by atoms with Crippen molar-refractivity contribution in [3.05, 3.63) is 65.2 Å². The molecule has 0 fully saturated rings. The van der Waals surface area contributed by atoms with Crippen LogP contribution < -0.4 is 4.72 Å². The molecule has 0 aliphatic rings. The van der Waals surface area contributed by atoms with Gasteiger partial charge in [0.25, 0.3) is 0 Å². The van der Waals surface area contributed by atoms with Crippen LogP contribution in [0, 0.1) is 18.6 Å². The molecule has 0 aliphatic carbocycles. The number of sulfonamides is 1. The third-order valence-electron chi connectivity index (χ3n) is 3.37. The zero-order valence-electron chi connectivity index (χ0n) is 12.3. The summed E-state index contributed by atoms with van der Waals surface area (Å²) in [5, 5.41) is 0. The Morgan fingerprint density at radius 1 is 1.09 bits per heavy atom. The Bertz CT molecular complexity index is 758. The molecule has 2 rings (SSSR count). The van der Waals surface area contributed by atoms with Crippen LogP contribution in [0.2, 0.25) is 0 Å². The quantitative estimate of drug-likeness (QED) is 0.911. The van der Waals surface area contributed by atoms with E-state index < -0.39 is 32.6 Å². The average Bonchev–Trinajstić information content (AvgIpc) is 2.48. The van der Waals surface area contributed by atoms with Gasteiger partial charge in [-0.05, 0) is 37.1 Å². The Balaban J connectivity index is 2.33. The predicted molar refractivity (Wildman–Crippen MR) is 80.9 cm³/mol. The topological polar surface area (TPSA) is 46.2 Å². The normalized spacial score (nSPS) is 13.1. The van der Waals surface area contributed by atoms with E-state index in [2.05, 4.69) is 4.72 Å². The Morgan fingerprint density at radius 3 is 2.32 bits per heavy atom. The predicted octanol–water partition coefficient (Wildman–Crippen LogP) is 3.70. The Hall–Kier alpha value is -1.79. The highest BCUT2D eigenvalue weighted by Gasteiger charge is 2.24. The maximum Gasteiger partial charge on any atom is 0.244 e. The standard InChI is InChI=1S/C16H17F2NO2S/c1-3-15(12-6-4-11(2)5-7-12)19-22(20,21)16-10-13(17)8-9-14(16)18/h4-10,15,19H,3H2,1-2H3. The number of benzene rings is 2. The van der Waals surface area contributed by atoms with Crippen molar-refractivity contribution in [3.63, 3.8) is 0 Å². The van der Waals surface area contributed by atoms with E-state index in [1.807, 2.05) is 38.1 Å². The summed E-state index contributed by atoms with van der Waals surface area (Å²) in [6.45, 7) is 3.74. The highest BCUT2D eigenvalue weighted by atomic mass is 32.2. The molecule has 6 heteroatoms. The second kappa shape index (κ2) is 6.54. The third-order valence-corrected chi connectivity index (χ3v) is 4.85. The van der Waals surface area contributed by atoms with Crippen molar-refractivity contribution in [1.29, 1.82) is 0 Å². The van der Waals surface area contributed by atoms with Crippen molar-refractivity contribution in [3.8, 4) is 0 Å². The summed E-state index contributed by atoms with van der Waals surface area (Å²) in [7, 11) is -4.15. The molecule has 2 aromatic carbocycles. The molecule has 0 spiro atoms. The fourth-order valence-electron chi connectivity index (χ4n) is 2.12. The summed E-state index contributed by atoms with van der Waals surface area (Å²) in [5.41, 5.74) is 1.83. The zero-order chi connectivity index (χ0) is 16.3. The lowest BCUT2D eigenvalue weighted by Gasteiger charge is -2.18. The third kappa shape index (κ3) is 3.69. The molecule has 118 valence electrons. The van der Waals surface area contributed by atoms with Gasteiger partial charge in [-0.2, -0.15) is 0 Å². The second-order valence-corrected chi connectivity index (χ2v) is 6.75. The molecule has 0 saturated carbocycles. The molecular weight excluding hydrogens is 308 g/mol. The van der Waals surface area contributed by atoms with Gasteiger partial charge in [-0.25, -0.2) is 21.9 Å². The molecule has 0 heterocycles. The Labute approximate surface area is 129 Å². The van der Waals surface area contributed by atoms with Crippen molar-refractivity contribution >= 4 is 10.0 Å². The molecule has 1 atom stereocenters. The van der Waals surface area contributed by atoms with Gasteiger partial charge in [-0.15, -0.1) is 0 Å². The van der Waals surface area contributed by atoms with Gasteiger partial charge in [0.1, 0.15) is 16.5 Å². The van der Waals surface area contributed by atoms with Crippen molar-refractivity contribution in [2.75, 3.05) is 0 Å². The van der Waals surface area contributed by atoms with Crippen LogP contribution in [0.4, 0.5) is 8.78 Å². The van der Waals surface area contributed by atoms with E-state index in [0.29, 0.717) is 12.5 Å². The molecule has 0 radical (unpaired) electrons. The molecule has 0 bridgehead atoms. The summed E-state index contributed by atoms with van der Waals surface area (Å²) in [6, 6.07) is 9.22. The smallest absolute Gasteiger partial charge is 0.207 e. The van der Waals surface area contributed by atoms with E-state index in [1.165, 1.54) is 0 Å². The van der Waals surface area contributed by atoms with E-state index in [4.69, 9.17) is 0 Å². The minimum atomic E-state index is -4.15. The van der Waals surface area contributed by atoms with E-state index >= 15 is 0 Å². The number of rotatable bonds is 5. The van der Waals surface area contributed by atoms with Crippen LogP contribution in [0.5, 0.6) is 0 Å². The molecule has 0 saturated heterocycles. The van der Waals surface area contributed by atoms with Crippen LogP contribution >= 0.6 is 0 Å². The van der Waals surface area contributed by atoms with Crippen LogP contribution in [0.15, 0.2) is 47.4 Å². The molecule has 3 nitrogen and oxygen atoms in total. The Morgan fingerprint density at radius 2 is 1.73 bits per heavy atom. The molecule has 0 amide bonds. The molecule has 0 aliphatic heterocycles. The first kappa shape index (κ1) is 16.6. The maximum atomic E-state index is 13.7. The Kier molecular flexibility index (Phi) is 4.93. The monoisotopic (exact) mass is 325 g/mol. The SMILES string of the molecule is CCC(NS(=O)(=O)c1cc(F)ccc1F)c1ccc(C)cc1. The highest BCUT2D eigenvalue weighted by molar-refractivity contribution is 7.89. The molecule has 22 heavy (non-hydrogen) atoms. The van der Waals surface area contributed by atoms with Crippen LogP contribution in [-0.4, -0.2) is 8.42 Å². The van der Waals surface area contributed by atoms with Crippen LogP contribution in [0.3, 0.4) is 0 Å². The minimum absolute atomic E-state index is 0.485. The molecule has 2 aromatic rings. The van der Waals surface area contributed by atoms with Gasteiger partial charge < -0.3 is 0 Å². The molecule has 1 N–H and O–H groups in total. The summed E-state index contributed by atoms with van der Waals surface area (Å²) < 4.78 is 53.9. The van der Waals surface area contributed by atoms with Crippen LogP contribution in [0.1, 0.15) is 30.5 Å². The van der Waals surface area contributed by atoms with E-state index in [9.17, 15) is 17.2 Å². The van der Waals surface area contributed by atoms with Gasteiger partial charge >= 0.3 is 0 Å². The number of halogens is 2. The van der Waals surface area contributed by atoms with E-state index in [1.54, 1.807) is 0 Å². The van der Waals surface area contributed by atoms with Gasteiger partial charge in [0, 0.05) is 6.04 Å². The largest absolute Gasteiger partial charge is 0.244 e. The molecule has 1 unspecified atom stereocenters. The fraction of sp³-hybridized carbons (Fsp3) is 0.250. The number of aryl methyl sites for hydroxylation is 1. The lowest BCUT2D eigenvalue weighted by atomic mass is 10.0. The molecular formula is C16H17F2NO2S. The summed E-state index contributed by atoms with van der Waals surface area (Å²) in [4.78, 5) is -0.682. The highest BCUT2D eigenvalue weighted by Crippen LogP contribution is 2.22. The van der Waals surface area contributed by atoms with Crippen molar-refractivity contribution in [2.45, 2.75) is 31.2 Å². The summed E-state index contributed by atoms with van der Waals surface area (Å²) >= 11 is 0. The zero-order valence-corrected chi connectivity index (χ0v) is 13.1. The summed E-state index contributed by atoms with van der Waals surface area (Å²) in [5.74, 6) is -1.78. The maximum absolute atomic E-state index is 13.7. The first-order valence-corrected chi connectivity index (χ1v) is 8.35. The van der Waals surface area contributed by atoms with E-state index in [0.717, 1.165) is 23.3 Å². The van der Waals surface area contributed by atoms with Crippen molar-refractivity contribution < 1.29 is 17.2 Å². The van der Waals surface area contributed by atoms with Crippen LogP contribution in [0.25, 0.3) is 0 Å². The van der Waals surface area contributed by atoms with Gasteiger partial charge in [0.05, 0.1) is 0 Å². The van der Waals surface area contributed by atoms with Gasteiger partial charge in [-0.1, -0.05) is 36.8 Å². The number of nitrogens with one attached hydrogen (secondary N) is 1. The molecule has 0 aromatic heterocycles. The van der Waals surface area contributed by atoms with Gasteiger partial charge in [0.2, 0.25) is 10.0 Å². The van der Waals surface area contributed by atoms with Crippen molar-refractivity contribution in [2.24, 2.45) is 0 Å². The van der Waals surface area contributed by atoms with Crippen molar-refractivity contribution in [1.82, 2.24) is 4.72 Å². The minimum Gasteiger partial charge on any atom is -0.207 e. The van der Waals surface area contributed by atoms with Gasteiger partial charge in [0.15, 0.2) is 0 Å². The summed E-state index contributed by atoms with van der Waals surface area (Å²) in [6.07, 6.45) is 0.485. The first-order valence-electron chi connectivity index (χ1n) is 6.87. The fourth-order valence-corrected chi connectivity index (χ4v) is 3.52.